The number of aromatic nitrogens is 1. The Morgan fingerprint density at radius 3 is 3.12 bits per heavy atom. The molecule has 0 saturated heterocycles. The molecule has 17 heavy (non-hydrogen) atoms. The van der Waals surface area contributed by atoms with E-state index in [-0.39, 0.29) is 6.61 Å². The smallest absolute Gasteiger partial charge is 0.340 e. The van der Waals surface area contributed by atoms with Gasteiger partial charge in [-0.1, -0.05) is 0 Å². The third kappa shape index (κ3) is 2.82. The van der Waals surface area contributed by atoms with Crippen molar-refractivity contribution in [2.75, 3.05) is 5.73 Å². The maximum atomic E-state index is 11.8. The molecular weight excluding hydrogens is 236 g/mol. The second-order valence-electron chi connectivity index (χ2n) is 3.61. The van der Waals surface area contributed by atoms with Gasteiger partial charge in [0.1, 0.15) is 6.61 Å². The lowest BCUT2D eigenvalue weighted by molar-refractivity contribution is 0.0472. The molecule has 2 N–H and O–H groups in total. The summed E-state index contributed by atoms with van der Waals surface area (Å²) in [6.07, 6.45) is 1.52. The summed E-state index contributed by atoms with van der Waals surface area (Å²) in [5.74, 6) is -0.395. The summed E-state index contributed by atoms with van der Waals surface area (Å²) in [4.78, 5) is 15.8. The van der Waals surface area contributed by atoms with Crippen LogP contribution in [0.2, 0.25) is 0 Å². The van der Waals surface area contributed by atoms with Crippen molar-refractivity contribution in [2.45, 2.75) is 13.5 Å². The van der Waals surface area contributed by atoms with Crippen molar-refractivity contribution in [1.82, 2.24) is 4.98 Å². The van der Waals surface area contributed by atoms with E-state index in [1.165, 1.54) is 6.20 Å². The van der Waals surface area contributed by atoms with Crippen LogP contribution in [0.1, 0.15) is 21.6 Å². The number of aryl methyl sites for hydroxylation is 1. The number of carbonyl (C=O) groups is 1. The fraction of sp³-hybridized carbons (Fsp3) is 0.167. The molecule has 2 aromatic heterocycles. The Hall–Kier alpha value is -1.88. The highest BCUT2D eigenvalue weighted by Gasteiger charge is 2.12. The molecule has 0 aliphatic rings. The highest BCUT2D eigenvalue weighted by molar-refractivity contribution is 7.07. The van der Waals surface area contributed by atoms with E-state index in [9.17, 15) is 4.79 Å². The van der Waals surface area contributed by atoms with Crippen molar-refractivity contribution in [1.29, 1.82) is 0 Å². The quantitative estimate of drug-likeness (QED) is 0.847. The third-order valence-electron chi connectivity index (χ3n) is 2.28. The van der Waals surface area contributed by atoms with Gasteiger partial charge in [0.05, 0.1) is 23.1 Å². The van der Waals surface area contributed by atoms with Gasteiger partial charge in [-0.2, -0.15) is 11.3 Å². The zero-order valence-corrected chi connectivity index (χ0v) is 10.2. The van der Waals surface area contributed by atoms with E-state index in [0.717, 1.165) is 5.56 Å². The van der Waals surface area contributed by atoms with Crippen molar-refractivity contribution >= 4 is 23.0 Å². The summed E-state index contributed by atoms with van der Waals surface area (Å²) in [6, 6.07) is 3.50. The van der Waals surface area contributed by atoms with E-state index in [0.29, 0.717) is 16.9 Å². The average Bonchev–Trinajstić information content (AvgIpc) is 2.82. The molecule has 0 aliphatic carbocycles. The third-order valence-corrected chi connectivity index (χ3v) is 3.01. The van der Waals surface area contributed by atoms with Gasteiger partial charge in [0.15, 0.2) is 0 Å². The van der Waals surface area contributed by atoms with Gasteiger partial charge in [0.25, 0.3) is 0 Å². The lowest BCUT2D eigenvalue weighted by atomic mass is 10.2. The first kappa shape index (κ1) is 11.6. The highest BCUT2D eigenvalue weighted by Crippen LogP contribution is 2.13. The van der Waals surface area contributed by atoms with Crippen LogP contribution in [0.4, 0.5) is 5.69 Å². The summed E-state index contributed by atoms with van der Waals surface area (Å²) < 4.78 is 5.18. The molecule has 0 bridgehead atoms. The molecule has 0 aliphatic heterocycles. The van der Waals surface area contributed by atoms with E-state index in [1.807, 2.05) is 16.8 Å². The number of ether oxygens (including phenoxy) is 1. The standard InChI is InChI=1S/C12H12N2O2S/c1-8-11(4-10(13)5-14-8)12(15)16-6-9-2-3-17-7-9/h2-5,7H,6,13H2,1H3. The molecule has 88 valence electrons. The van der Waals surface area contributed by atoms with Gasteiger partial charge < -0.3 is 10.5 Å². The van der Waals surface area contributed by atoms with Crippen LogP contribution in [0.15, 0.2) is 29.1 Å². The zero-order chi connectivity index (χ0) is 12.3. The lowest BCUT2D eigenvalue weighted by Crippen LogP contribution is -2.08. The number of nitrogens with zero attached hydrogens (tertiary/aromatic N) is 1. The summed E-state index contributed by atoms with van der Waals surface area (Å²) >= 11 is 1.57. The lowest BCUT2D eigenvalue weighted by Gasteiger charge is -2.06. The van der Waals surface area contributed by atoms with Crippen LogP contribution in [0.5, 0.6) is 0 Å². The normalized spacial score (nSPS) is 10.2. The predicted molar refractivity (Wildman–Crippen MR) is 66.8 cm³/mol. The average molecular weight is 248 g/mol. The molecule has 0 fully saturated rings. The van der Waals surface area contributed by atoms with Crippen molar-refractivity contribution in [3.63, 3.8) is 0 Å². The maximum Gasteiger partial charge on any atom is 0.340 e. The Bertz CT molecular complexity index is 523. The van der Waals surface area contributed by atoms with Crippen molar-refractivity contribution in [3.05, 3.63) is 45.9 Å². The minimum atomic E-state index is -0.395. The van der Waals surface area contributed by atoms with Crippen LogP contribution in [0, 0.1) is 6.92 Å². The van der Waals surface area contributed by atoms with Gasteiger partial charge in [-0.25, -0.2) is 4.79 Å². The van der Waals surface area contributed by atoms with E-state index in [4.69, 9.17) is 10.5 Å². The van der Waals surface area contributed by atoms with Crippen LogP contribution < -0.4 is 5.73 Å². The van der Waals surface area contributed by atoms with Crippen molar-refractivity contribution in [3.8, 4) is 0 Å². The number of hydrogen-bond donors (Lipinski definition) is 1. The number of rotatable bonds is 3. The Labute approximate surface area is 103 Å². The number of esters is 1. The number of thiophene rings is 1. The topological polar surface area (TPSA) is 65.2 Å². The highest BCUT2D eigenvalue weighted by atomic mass is 32.1. The molecule has 2 aromatic rings. The molecule has 0 radical (unpaired) electrons. The van der Waals surface area contributed by atoms with Crippen LogP contribution in [-0.2, 0) is 11.3 Å². The number of nitrogen functional groups attached to an aromatic ring is 1. The van der Waals surface area contributed by atoms with Gasteiger partial charge in [0.2, 0.25) is 0 Å². The van der Waals surface area contributed by atoms with Crippen LogP contribution in [-0.4, -0.2) is 11.0 Å². The van der Waals surface area contributed by atoms with Gasteiger partial charge in [0, 0.05) is 5.56 Å². The molecule has 0 atom stereocenters. The largest absolute Gasteiger partial charge is 0.457 e. The molecule has 0 amide bonds. The Morgan fingerprint density at radius 2 is 2.41 bits per heavy atom. The molecule has 0 unspecified atom stereocenters. The fourth-order valence-electron chi connectivity index (χ4n) is 1.36. The summed E-state index contributed by atoms with van der Waals surface area (Å²) in [5, 5.41) is 3.88. The molecular formula is C12H12N2O2S. The first-order valence-electron chi connectivity index (χ1n) is 5.07. The van der Waals surface area contributed by atoms with Crippen molar-refractivity contribution < 1.29 is 9.53 Å². The molecule has 0 saturated carbocycles. The first-order chi connectivity index (χ1) is 8.16. The number of carbonyl (C=O) groups excluding carboxylic acids is 1. The van der Waals surface area contributed by atoms with Gasteiger partial charge in [-0.15, -0.1) is 0 Å². The van der Waals surface area contributed by atoms with Crippen LogP contribution in [0.25, 0.3) is 0 Å². The van der Waals surface area contributed by atoms with Gasteiger partial charge in [-0.05, 0) is 29.8 Å². The fourth-order valence-corrected chi connectivity index (χ4v) is 2.01. The number of pyridine rings is 1. The second-order valence-corrected chi connectivity index (χ2v) is 4.39. The van der Waals surface area contributed by atoms with Crippen LogP contribution in [0.3, 0.4) is 0 Å². The molecule has 2 rings (SSSR count). The molecule has 2 heterocycles. The Balaban J connectivity index is 2.07. The Morgan fingerprint density at radius 1 is 1.59 bits per heavy atom. The number of anilines is 1. The second kappa shape index (κ2) is 4.97. The first-order valence-corrected chi connectivity index (χ1v) is 6.01. The number of nitrogens with two attached hydrogens (primary N) is 1. The summed E-state index contributed by atoms with van der Waals surface area (Å²) in [6.45, 7) is 2.02. The SMILES string of the molecule is Cc1ncc(N)cc1C(=O)OCc1ccsc1. The van der Waals surface area contributed by atoms with E-state index in [1.54, 1.807) is 24.3 Å². The van der Waals surface area contributed by atoms with E-state index < -0.39 is 5.97 Å². The number of hydrogen-bond acceptors (Lipinski definition) is 5. The molecule has 4 nitrogen and oxygen atoms in total. The van der Waals surface area contributed by atoms with Crippen molar-refractivity contribution in [2.24, 2.45) is 0 Å². The molecule has 0 spiro atoms. The van der Waals surface area contributed by atoms with Gasteiger partial charge in [-0.3, -0.25) is 4.98 Å². The minimum absolute atomic E-state index is 0.274. The predicted octanol–water partition coefficient (Wildman–Crippen LogP) is 2.39. The monoisotopic (exact) mass is 248 g/mol. The maximum absolute atomic E-state index is 11.8. The van der Waals surface area contributed by atoms with Crippen LogP contribution >= 0.6 is 11.3 Å². The Kier molecular flexibility index (Phi) is 3.39. The zero-order valence-electron chi connectivity index (χ0n) is 9.34. The summed E-state index contributed by atoms with van der Waals surface area (Å²) in [7, 11) is 0. The van der Waals surface area contributed by atoms with Gasteiger partial charge >= 0.3 is 5.97 Å². The molecule has 5 heteroatoms. The van der Waals surface area contributed by atoms with E-state index >= 15 is 0 Å². The summed E-state index contributed by atoms with van der Waals surface area (Å²) in [5.41, 5.74) is 8.06. The molecule has 0 aromatic carbocycles. The van der Waals surface area contributed by atoms with E-state index in [2.05, 4.69) is 4.98 Å². The minimum Gasteiger partial charge on any atom is -0.457 e.